The van der Waals surface area contributed by atoms with E-state index in [-0.39, 0.29) is 11.9 Å². The van der Waals surface area contributed by atoms with Crippen molar-refractivity contribution in [1.82, 2.24) is 4.90 Å². The van der Waals surface area contributed by atoms with Crippen LogP contribution in [0.15, 0.2) is 60.0 Å². The summed E-state index contributed by atoms with van der Waals surface area (Å²) in [6.07, 6.45) is 1.15. The van der Waals surface area contributed by atoms with E-state index in [2.05, 4.69) is 5.32 Å². The van der Waals surface area contributed by atoms with Crippen LogP contribution in [0.25, 0.3) is 0 Å². The normalized spacial score (nSPS) is 13.7. The third kappa shape index (κ3) is 5.46. The van der Waals surface area contributed by atoms with Crippen molar-refractivity contribution in [2.45, 2.75) is 19.4 Å². The molecule has 1 aromatic heterocycles. The van der Waals surface area contributed by atoms with Gasteiger partial charge in [0, 0.05) is 30.2 Å². The first-order chi connectivity index (χ1) is 16.1. The lowest BCUT2D eigenvalue weighted by Gasteiger charge is -2.36. The van der Waals surface area contributed by atoms with E-state index < -0.39 is 0 Å². The number of nitrogens with one attached hydrogen (secondary N) is 1. The van der Waals surface area contributed by atoms with Crippen LogP contribution in [0.1, 0.15) is 16.9 Å². The molecule has 0 bridgehead atoms. The third-order valence-electron chi connectivity index (χ3n) is 5.51. The molecule has 0 saturated carbocycles. The van der Waals surface area contributed by atoms with Gasteiger partial charge in [0.25, 0.3) is 0 Å². The van der Waals surface area contributed by atoms with E-state index in [0.717, 1.165) is 22.6 Å². The molecule has 8 heteroatoms. The van der Waals surface area contributed by atoms with E-state index in [1.54, 1.807) is 48.7 Å². The van der Waals surface area contributed by atoms with Crippen molar-refractivity contribution in [2.24, 2.45) is 0 Å². The Labute approximate surface area is 197 Å². The summed E-state index contributed by atoms with van der Waals surface area (Å²) in [4.78, 5) is 30.4. The summed E-state index contributed by atoms with van der Waals surface area (Å²) in [5.74, 6) is 1.28. The highest BCUT2D eigenvalue weighted by atomic mass is 32.1. The van der Waals surface area contributed by atoms with Gasteiger partial charge in [-0.05, 0) is 53.8 Å². The zero-order valence-electron chi connectivity index (χ0n) is 18.7. The molecule has 0 spiro atoms. The Morgan fingerprint density at radius 2 is 1.88 bits per heavy atom. The third-order valence-corrected chi connectivity index (χ3v) is 6.39. The van der Waals surface area contributed by atoms with Gasteiger partial charge in [0.2, 0.25) is 5.91 Å². The number of amides is 3. The summed E-state index contributed by atoms with van der Waals surface area (Å²) in [5, 5.41) is 4.89. The van der Waals surface area contributed by atoms with Gasteiger partial charge in [0.1, 0.15) is 11.5 Å². The van der Waals surface area contributed by atoms with E-state index in [9.17, 15) is 9.59 Å². The van der Waals surface area contributed by atoms with Gasteiger partial charge >= 0.3 is 6.03 Å². The molecule has 3 amide bonds. The van der Waals surface area contributed by atoms with Gasteiger partial charge in [-0.3, -0.25) is 9.69 Å². The molecule has 0 aliphatic carbocycles. The average molecular weight is 466 g/mol. The zero-order chi connectivity index (χ0) is 23.2. The molecule has 3 aromatic rings. The van der Waals surface area contributed by atoms with Crippen LogP contribution in [-0.2, 0) is 17.8 Å². The molecular formula is C25H27N3O4S. The summed E-state index contributed by atoms with van der Waals surface area (Å²) in [7, 11) is 3.21. The second-order valence-electron chi connectivity index (χ2n) is 7.75. The number of anilines is 2. The van der Waals surface area contributed by atoms with Crippen LogP contribution in [0.2, 0.25) is 0 Å². The van der Waals surface area contributed by atoms with Crippen molar-refractivity contribution in [3.63, 3.8) is 0 Å². The fourth-order valence-electron chi connectivity index (χ4n) is 3.86. The highest BCUT2D eigenvalue weighted by molar-refractivity contribution is 7.10. The van der Waals surface area contributed by atoms with Gasteiger partial charge in [-0.2, -0.15) is 0 Å². The van der Waals surface area contributed by atoms with Crippen molar-refractivity contribution in [3.8, 4) is 11.5 Å². The molecule has 0 atom stereocenters. The maximum absolute atomic E-state index is 13.4. The van der Waals surface area contributed by atoms with Gasteiger partial charge in [-0.25, -0.2) is 4.79 Å². The molecule has 2 heterocycles. The number of methoxy groups -OCH3 is 2. The lowest BCUT2D eigenvalue weighted by atomic mass is 10.1. The number of urea groups is 1. The maximum Gasteiger partial charge on any atom is 0.324 e. The summed E-state index contributed by atoms with van der Waals surface area (Å²) < 4.78 is 10.8. The topological polar surface area (TPSA) is 71.1 Å². The fourth-order valence-corrected chi connectivity index (χ4v) is 4.56. The number of hydrogen-bond acceptors (Lipinski definition) is 5. The molecule has 172 valence electrons. The molecule has 1 N–H and O–H groups in total. The largest absolute Gasteiger partial charge is 0.497 e. The van der Waals surface area contributed by atoms with Crippen LogP contribution in [0.3, 0.4) is 0 Å². The van der Waals surface area contributed by atoms with Crippen LogP contribution >= 0.6 is 11.3 Å². The van der Waals surface area contributed by atoms with Crippen LogP contribution in [0.5, 0.6) is 11.5 Å². The Kier molecular flexibility index (Phi) is 7.14. The lowest BCUT2D eigenvalue weighted by Crippen LogP contribution is -2.49. The minimum atomic E-state index is -0.0975. The number of carbonyl (C=O) groups is 2. The highest BCUT2D eigenvalue weighted by Crippen LogP contribution is 2.34. The Morgan fingerprint density at radius 3 is 2.58 bits per heavy atom. The van der Waals surface area contributed by atoms with Crippen LogP contribution in [0.4, 0.5) is 16.2 Å². The molecular weight excluding hydrogens is 438 g/mol. The van der Waals surface area contributed by atoms with Gasteiger partial charge in [-0.1, -0.05) is 18.2 Å². The predicted molar refractivity (Wildman–Crippen MR) is 130 cm³/mol. The summed E-state index contributed by atoms with van der Waals surface area (Å²) in [6, 6.07) is 16.9. The smallest absolute Gasteiger partial charge is 0.324 e. The molecule has 33 heavy (non-hydrogen) atoms. The second-order valence-corrected chi connectivity index (χ2v) is 8.78. The van der Waals surface area contributed by atoms with Gasteiger partial charge in [0.15, 0.2) is 0 Å². The highest BCUT2D eigenvalue weighted by Gasteiger charge is 2.29. The SMILES string of the molecule is COc1ccc(CN2CCCN(c3cc(NC(=O)Cc4cccs4)ccc3OC)C2=O)cc1. The molecule has 0 radical (unpaired) electrons. The molecule has 1 aliphatic heterocycles. The summed E-state index contributed by atoms with van der Waals surface area (Å²) in [6.45, 7) is 1.78. The lowest BCUT2D eigenvalue weighted by molar-refractivity contribution is -0.115. The van der Waals surface area contributed by atoms with Crippen molar-refractivity contribution in [2.75, 3.05) is 37.5 Å². The molecule has 2 aromatic carbocycles. The number of thiophene rings is 1. The van der Waals surface area contributed by atoms with Crippen molar-refractivity contribution in [3.05, 3.63) is 70.4 Å². The number of ether oxygens (including phenoxy) is 2. The number of carbonyl (C=O) groups excluding carboxylic acids is 2. The fraction of sp³-hybridized carbons (Fsp3) is 0.280. The van der Waals surface area contributed by atoms with Crippen molar-refractivity contribution >= 4 is 34.6 Å². The molecule has 0 unspecified atom stereocenters. The van der Waals surface area contributed by atoms with E-state index in [1.807, 2.05) is 46.7 Å². The van der Waals surface area contributed by atoms with Crippen LogP contribution in [0, 0.1) is 0 Å². The Morgan fingerprint density at radius 1 is 1.06 bits per heavy atom. The van der Waals surface area contributed by atoms with E-state index in [1.165, 1.54) is 0 Å². The predicted octanol–water partition coefficient (Wildman–Crippen LogP) is 4.78. The van der Waals surface area contributed by atoms with Crippen molar-refractivity contribution < 1.29 is 19.1 Å². The quantitative estimate of drug-likeness (QED) is 0.520. The summed E-state index contributed by atoms with van der Waals surface area (Å²) >= 11 is 1.55. The Bertz CT molecular complexity index is 1100. The average Bonchev–Trinajstić information content (AvgIpc) is 3.34. The number of benzene rings is 2. The summed E-state index contributed by atoms with van der Waals surface area (Å²) in [5.41, 5.74) is 2.32. The Balaban J connectivity index is 1.50. The number of rotatable bonds is 8. The first-order valence-corrected chi connectivity index (χ1v) is 11.6. The molecule has 7 nitrogen and oxygen atoms in total. The van der Waals surface area contributed by atoms with Crippen molar-refractivity contribution in [1.29, 1.82) is 0 Å². The van der Waals surface area contributed by atoms with Gasteiger partial charge in [-0.15, -0.1) is 11.3 Å². The maximum atomic E-state index is 13.4. The molecule has 1 fully saturated rings. The second kappa shape index (κ2) is 10.4. The first kappa shape index (κ1) is 22.7. The minimum absolute atomic E-state index is 0.0857. The number of hydrogen-bond donors (Lipinski definition) is 1. The minimum Gasteiger partial charge on any atom is -0.497 e. The van der Waals surface area contributed by atoms with E-state index >= 15 is 0 Å². The van der Waals surface area contributed by atoms with E-state index in [0.29, 0.717) is 43.2 Å². The Hall–Kier alpha value is -3.52. The first-order valence-electron chi connectivity index (χ1n) is 10.8. The standard InChI is InChI=1S/C25H27N3O4S/c1-31-20-9-6-18(7-10-20)17-27-12-4-13-28(25(27)30)22-15-19(8-11-23(22)32-2)26-24(29)16-21-5-3-14-33-21/h3,5-11,14-15H,4,12-13,16-17H2,1-2H3,(H,26,29). The van der Waals surface area contributed by atoms with Gasteiger partial charge < -0.3 is 19.7 Å². The van der Waals surface area contributed by atoms with Crippen LogP contribution in [-0.4, -0.2) is 44.1 Å². The zero-order valence-corrected chi connectivity index (χ0v) is 19.6. The van der Waals surface area contributed by atoms with Crippen LogP contribution < -0.4 is 19.7 Å². The van der Waals surface area contributed by atoms with E-state index in [4.69, 9.17) is 9.47 Å². The monoisotopic (exact) mass is 465 g/mol. The molecule has 1 aliphatic rings. The molecule has 4 rings (SSSR count). The van der Waals surface area contributed by atoms with Gasteiger partial charge in [0.05, 0.1) is 26.3 Å². The molecule has 1 saturated heterocycles. The number of nitrogens with zero attached hydrogens (tertiary/aromatic N) is 2.